The highest BCUT2D eigenvalue weighted by Crippen LogP contribution is 2.27. The summed E-state index contributed by atoms with van der Waals surface area (Å²) in [6.07, 6.45) is -3.30. The largest absolute Gasteiger partial charge is 0.479 e. The first-order chi connectivity index (χ1) is 11.5. The summed E-state index contributed by atoms with van der Waals surface area (Å²) in [5, 5.41) is 8.79. The van der Waals surface area contributed by atoms with Crippen molar-refractivity contribution in [2.24, 2.45) is 0 Å². The number of halogens is 5. The summed E-state index contributed by atoms with van der Waals surface area (Å²) >= 11 is 0. The Morgan fingerprint density at radius 2 is 2.08 bits per heavy atom. The van der Waals surface area contributed by atoms with Gasteiger partial charge in [0.15, 0.2) is 6.61 Å². The van der Waals surface area contributed by atoms with E-state index in [1.54, 1.807) is 0 Å². The van der Waals surface area contributed by atoms with Gasteiger partial charge < -0.3 is 14.7 Å². The van der Waals surface area contributed by atoms with Crippen molar-refractivity contribution in [3.05, 3.63) is 23.9 Å². The first-order valence-corrected chi connectivity index (χ1v) is 7.01. The molecule has 1 atom stereocenters. The molecule has 0 saturated carbocycles. The summed E-state index contributed by atoms with van der Waals surface area (Å²) in [5.41, 5.74) is -2.57. The Hall–Kier alpha value is -2.46. The van der Waals surface area contributed by atoms with E-state index in [0.29, 0.717) is 0 Å². The number of pyridine rings is 1. The molecule has 25 heavy (non-hydrogen) atoms. The molecular formula is C14H13F5N2O4. The van der Waals surface area contributed by atoms with Gasteiger partial charge in [-0.3, -0.25) is 4.79 Å². The maximum Gasteiger partial charge on any atom is 0.343 e. The third-order valence-electron chi connectivity index (χ3n) is 3.61. The smallest absolute Gasteiger partial charge is 0.343 e. The number of carboxylic acid groups (broad SMARTS) is 1. The molecule has 0 aliphatic carbocycles. The van der Waals surface area contributed by atoms with Crippen molar-refractivity contribution in [1.29, 1.82) is 0 Å². The number of carbonyl (C=O) groups is 2. The van der Waals surface area contributed by atoms with Crippen LogP contribution in [0, 0.1) is 0 Å². The normalized spacial score (nSPS) is 20.8. The summed E-state index contributed by atoms with van der Waals surface area (Å²) in [5.74, 6) is -7.10. The van der Waals surface area contributed by atoms with E-state index in [9.17, 15) is 31.5 Å². The molecular weight excluding hydrogens is 355 g/mol. The minimum atomic E-state index is -4.34. The molecule has 1 unspecified atom stereocenters. The highest BCUT2D eigenvalue weighted by Gasteiger charge is 2.47. The third kappa shape index (κ3) is 4.15. The molecule has 1 aromatic heterocycles. The monoisotopic (exact) mass is 368 g/mol. The van der Waals surface area contributed by atoms with Gasteiger partial charge in [-0.2, -0.15) is 8.78 Å². The van der Waals surface area contributed by atoms with Gasteiger partial charge in [-0.15, -0.1) is 0 Å². The van der Waals surface area contributed by atoms with Crippen LogP contribution >= 0.6 is 0 Å². The molecule has 1 amide bonds. The van der Waals surface area contributed by atoms with Crippen LogP contribution < -0.4 is 4.74 Å². The summed E-state index contributed by atoms with van der Waals surface area (Å²) in [7, 11) is 0. The van der Waals surface area contributed by atoms with Crippen molar-refractivity contribution < 1.29 is 41.4 Å². The minimum Gasteiger partial charge on any atom is -0.479 e. The van der Waals surface area contributed by atoms with E-state index in [2.05, 4.69) is 9.72 Å². The van der Waals surface area contributed by atoms with Crippen LogP contribution in [-0.4, -0.2) is 64.6 Å². The van der Waals surface area contributed by atoms with Gasteiger partial charge in [-0.1, -0.05) is 0 Å². The first kappa shape index (κ1) is 18.9. The van der Waals surface area contributed by atoms with E-state index >= 15 is 0 Å². The zero-order chi connectivity index (χ0) is 18.8. The van der Waals surface area contributed by atoms with Crippen LogP contribution in [0.3, 0.4) is 0 Å². The van der Waals surface area contributed by atoms with Crippen LogP contribution in [0.15, 0.2) is 18.3 Å². The van der Waals surface area contributed by atoms with Crippen LogP contribution in [0.5, 0.6) is 5.88 Å². The molecule has 0 radical (unpaired) electrons. The van der Waals surface area contributed by atoms with E-state index in [1.165, 1.54) is 0 Å². The lowest BCUT2D eigenvalue weighted by molar-refractivity contribution is -0.149. The number of aliphatic carboxylic acids is 1. The van der Waals surface area contributed by atoms with Gasteiger partial charge in [0.05, 0.1) is 12.1 Å². The van der Waals surface area contributed by atoms with E-state index in [-0.39, 0.29) is 18.5 Å². The molecule has 0 aromatic carbocycles. The lowest BCUT2D eigenvalue weighted by Crippen LogP contribution is -2.38. The zero-order valence-corrected chi connectivity index (χ0v) is 12.6. The first-order valence-electron chi connectivity index (χ1n) is 7.01. The Labute approximate surface area is 138 Å². The Balaban J connectivity index is 1.98. The van der Waals surface area contributed by atoms with Gasteiger partial charge in [0, 0.05) is 25.2 Å². The lowest BCUT2D eigenvalue weighted by atomic mass is 10.1. The number of carboxylic acids is 1. The van der Waals surface area contributed by atoms with Crippen LogP contribution in [0.1, 0.15) is 16.8 Å². The lowest BCUT2D eigenvalue weighted by Gasteiger charge is -2.18. The number of nitrogens with zero attached hydrogens (tertiary/aromatic N) is 2. The molecule has 0 spiro atoms. The molecule has 1 saturated heterocycles. The average Bonchev–Trinajstić information content (AvgIpc) is 2.96. The molecule has 0 bridgehead atoms. The van der Waals surface area contributed by atoms with Crippen molar-refractivity contribution in [1.82, 2.24) is 9.88 Å². The zero-order valence-electron chi connectivity index (χ0n) is 12.6. The van der Waals surface area contributed by atoms with E-state index in [4.69, 9.17) is 5.11 Å². The molecule has 2 heterocycles. The van der Waals surface area contributed by atoms with Crippen LogP contribution in [0.25, 0.3) is 0 Å². The Bertz CT molecular complexity index is 655. The topological polar surface area (TPSA) is 79.7 Å². The van der Waals surface area contributed by atoms with Gasteiger partial charge in [-0.05, 0) is 6.07 Å². The van der Waals surface area contributed by atoms with E-state index < -0.39 is 48.9 Å². The number of alkyl halides is 5. The molecule has 2 rings (SSSR count). The number of hydrogen-bond donors (Lipinski definition) is 1. The fraction of sp³-hybridized carbons (Fsp3) is 0.500. The number of carbonyl (C=O) groups excluding carboxylic acids is 1. The predicted octanol–water partition coefficient (Wildman–Crippen LogP) is 2.00. The maximum atomic E-state index is 13.9. The summed E-state index contributed by atoms with van der Waals surface area (Å²) in [4.78, 5) is 27.5. The van der Waals surface area contributed by atoms with Crippen LogP contribution in [0.4, 0.5) is 22.0 Å². The number of likely N-dealkylation sites (tertiary alicyclic amines) is 1. The number of hydrogen-bond acceptors (Lipinski definition) is 4. The highest BCUT2D eigenvalue weighted by atomic mass is 19.3. The van der Waals surface area contributed by atoms with Gasteiger partial charge in [0.2, 0.25) is 11.5 Å². The Morgan fingerprint density at radius 3 is 2.56 bits per heavy atom. The number of rotatable bonds is 6. The number of aromatic nitrogens is 1. The van der Waals surface area contributed by atoms with Crippen molar-refractivity contribution in [2.75, 3.05) is 19.7 Å². The average molecular weight is 368 g/mol. The molecule has 6 nitrogen and oxygen atoms in total. The third-order valence-corrected chi connectivity index (χ3v) is 3.61. The highest BCUT2D eigenvalue weighted by molar-refractivity contribution is 5.95. The molecule has 11 heteroatoms. The van der Waals surface area contributed by atoms with Crippen molar-refractivity contribution in [3.8, 4) is 5.88 Å². The van der Waals surface area contributed by atoms with Crippen LogP contribution in [0.2, 0.25) is 0 Å². The molecule has 138 valence electrons. The molecule has 1 N–H and O–H groups in total. The van der Waals surface area contributed by atoms with Crippen LogP contribution in [-0.2, 0) is 4.79 Å². The summed E-state index contributed by atoms with van der Waals surface area (Å²) in [6.45, 7) is -2.32. The molecule has 1 aromatic rings. The molecule has 1 aliphatic rings. The fourth-order valence-corrected chi connectivity index (χ4v) is 2.13. The minimum absolute atomic E-state index is 0.0531. The Morgan fingerprint density at radius 1 is 1.40 bits per heavy atom. The number of ether oxygens (including phenoxy) is 1. The number of amides is 1. The van der Waals surface area contributed by atoms with Crippen molar-refractivity contribution >= 4 is 11.9 Å². The SMILES string of the molecule is O=C(c1ccc(OCC(F)(F)C(F)F)nc1)N1CCC(F)(C(=O)O)C1. The van der Waals surface area contributed by atoms with Crippen molar-refractivity contribution in [2.45, 2.75) is 24.4 Å². The van der Waals surface area contributed by atoms with Gasteiger partial charge in [0.1, 0.15) is 0 Å². The van der Waals surface area contributed by atoms with Gasteiger partial charge in [-0.25, -0.2) is 22.9 Å². The molecule has 1 fully saturated rings. The van der Waals surface area contributed by atoms with Crippen molar-refractivity contribution in [3.63, 3.8) is 0 Å². The maximum absolute atomic E-state index is 13.9. The predicted molar refractivity (Wildman–Crippen MR) is 72.7 cm³/mol. The standard InChI is InChI=1S/C14H13F5N2O4/c15-11(16)14(18,19)7-25-9-2-1-8(5-20-9)10(22)21-4-3-13(17,6-21)12(23)24/h1-2,5,11H,3-4,6-7H2,(H,23,24). The fourth-order valence-electron chi connectivity index (χ4n) is 2.13. The second-order valence-electron chi connectivity index (χ2n) is 5.48. The van der Waals surface area contributed by atoms with E-state index in [1.807, 2.05) is 0 Å². The second-order valence-corrected chi connectivity index (χ2v) is 5.48. The van der Waals surface area contributed by atoms with Gasteiger partial charge >= 0.3 is 18.3 Å². The summed E-state index contributed by atoms with van der Waals surface area (Å²) < 4.78 is 67.9. The Kier molecular flexibility index (Phi) is 5.14. The summed E-state index contributed by atoms with van der Waals surface area (Å²) in [6, 6.07) is 2.15. The molecule has 1 aliphatic heterocycles. The second kappa shape index (κ2) is 6.81. The van der Waals surface area contributed by atoms with E-state index in [0.717, 1.165) is 23.2 Å². The quantitative estimate of drug-likeness (QED) is 0.777. The van der Waals surface area contributed by atoms with Gasteiger partial charge in [0.25, 0.3) is 5.91 Å².